The number of halogens is 1. The lowest BCUT2D eigenvalue weighted by Gasteiger charge is -2.29. The Balaban J connectivity index is 1.69. The third-order valence-corrected chi connectivity index (χ3v) is 4.45. The summed E-state index contributed by atoms with van der Waals surface area (Å²) in [5.74, 6) is 0.794. The first-order chi connectivity index (χ1) is 10.3. The minimum atomic E-state index is 0.275. The van der Waals surface area contributed by atoms with Gasteiger partial charge in [-0.2, -0.15) is 0 Å². The van der Waals surface area contributed by atoms with Crippen LogP contribution >= 0.6 is 11.6 Å². The van der Waals surface area contributed by atoms with Crippen molar-refractivity contribution in [2.24, 2.45) is 0 Å². The molecule has 1 N–H and O–H groups in total. The molecular weight excluding hydrogens is 284 g/mol. The Labute approximate surface area is 130 Å². The number of ether oxygens (including phenoxy) is 1. The van der Waals surface area contributed by atoms with Crippen LogP contribution in [0.15, 0.2) is 30.6 Å². The van der Waals surface area contributed by atoms with E-state index in [4.69, 9.17) is 16.3 Å². The Bertz CT molecular complexity index is 609. The van der Waals surface area contributed by atoms with Gasteiger partial charge in [-0.05, 0) is 55.8 Å². The monoisotopic (exact) mass is 304 g/mol. The molecule has 0 amide bonds. The van der Waals surface area contributed by atoms with Crippen LogP contribution in [0.25, 0.3) is 10.8 Å². The summed E-state index contributed by atoms with van der Waals surface area (Å²) in [4.78, 5) is 4.12. The van der Waals surface area contributed by atoms with Gasteiger partial charge in [0.15, 0.2) is 0 Å². The third-order valence-electron chi connectivity index (χ3n) is 4.15. The number of fused-ring (bicyclic) bond motifs is 1. The number of pyridine rings is 1. The van der Waals surface area contributed by atoms with Gasteiger partial charge in [0.2, 0.25) is 0 Å². The van der Waals surface area contributed by atoms with Gasteiger partial charge in [-0.25, -0.2) is 0 Å². The van der Waals surface area contributed by atoms with Gasteiger partial charge < -0.3 is 10.1 Å². The SMILES string of the molecule is CCN[C@H]1CC[C@@H](Oc2cc3ccncc3cc2Cl)CC1. The Morgan fingerprint density at radius 3 is 2.81 bits per heavy atom. The summed E-state index contributed by atoms with van der Waals surface area (Å²) in [6.45, 7) is 3.20. The summed E-state index contributed by atoms with van der Waals surface area (Å²) >= 11 is 6.34. The van der Waals surface area contributed by atoms with Crippen LogP contribution in [-0.2, 0) is 0 Å². The van der Waals surface area contributed by atoms with Crippen molar-refractivity contribution < 1.29 is 4.74 Å². The van der Waals surface area contributed by atoms with Crippen molar-refractivity contribution in [3.05, 3.63) is 35.6 Å². The Hall–Kier alpha value is -1.32. The van der Waals surface area contributed by atoms with Gasteiger partial charge in [-0.1, -0.05) is 18.5 Å². The molecule has 1 saturated carbocycles. The van der Waals surface area contributed by atoms with E-state index in [0.717, 1.165) is 35.9 Å². The summed E-state index contributed by atoms with van der Waals surface area (Å²) in [7, 11) is 0. The van der Waals surface area contributed by atoms with Crippen LogP contribution in [0, 0.1) is 0 Å². The van der Waals surface area contributed by atoms with Crippen LogP contribution in [0.1, 0.15) is 32.6 Å². The first-order valence-electron chi connectivity index (χ1n) is 7.69. The summed E-state index contributed by atoms with van der Waals surface area (Å²) in [5, 5.41) is 6.35. The van der Waals surface area contributed by atoms with E-state index in [2.05, 4.69) is 17.2 Å². The van der Waals surface area contributed by atoms with Gasteiger partial charge in [-0.3, -0.25) is 4.98 Å². The highest BCUT2D eigenvalue weighted by Gasteiger charge is 2.22. The van der Waals surface area contributed by atoms with E-state index in [1.54, 1.807) is 6.20 Å². The number of benzene rings is 1. The molecule has 1 heterocycles. The van der Waals surface area contributed by atoms with E-state index >= 15 is 0 Å². The summed E-state index contributed by atoms with van der Waals surface area (Å²) < 4.78 is 6.14. The Morgan fingerprint density at radius 2 is 2.05 bits per heavy atom. The molecule has 3 rings (SSSR count). The lowest BCUT2D eigenvalue weighted by Crippen LogP contribution is -2.36. The lowest BCUT2D eigenvalue weighted by atomic mass is 9.93. The average Bonchev–Trinajstić information content (AvgIpc) is 2.50. The second-order valence-electron chi connectivity index (χ2n) is 5.65. The van der Waals surface area contributed by atoms with Gasteiger partial charge in [0.25, 0.3) is 0 Å². The molecule has 1 aliphatic rings. The molecule has 1 fully saturated rings. The van der Waals surface area contributed by atoms with Crippen molar-refractivity contribution in [1.82, 2.24) is 10.3 Å². The predicted octanol–water partition coefficient (Wildman–Crippen LogP) is 4.19. The maximum atomic E-state index is 6.34. The predicted molar refractivity (Wildman–Crippen MR) is 87.1 cm³/mol. The number of nitrogens with zero attached hydrogens (tertiary/aromatic N) is 1. The second-order valence-corrected chi connectivity index (χ2v) is 6.06. The first kappa shape index (κ1) is 14.6. The van der Waals surface area contributed by atoms with Gasteiger partial charge in [-0.15, -0.1) is 0 Å². The molecule has 3 nitrogen and oxygen atoms in total. The van der Waals surface area contributed by atoms with Crippen molar-refractivity contribution in [2.45, 2.75) is 44.8 Å². The topological polar surface area (TPSA) is 34.1 Å². The second kappa shape index (κ2) is 6.63. The van der Waals surface area contributed by atoms with Gasteiger partial charge >= 0.3 is 0 Å². The minimum Gasteiger partial charge on any atom is -0.489 e. The summed E-state index contributed by atoms with van der Waals surface area (Å²) in [5.41, 5.74) is 0. The molecule has 0 aliphatic heterocycles. The molecule has 1 aliphatic carbocycles. The largest absolute Gasteiger partial charge is 0.489 e. The molecule has 0 saturated heterocycles. The number of hydrogen-bond donors (Lipinski definition) is 1. The van der Waals surface area contributed by atoms with Crippen molar-refractivity contribution >= 4 is 22.4 Å². The van der Waals surface area contributed by atoms with Crippen molar-refractivity contribution in [3.63, 3.8) is 0 Å². The number of hydrogen-bond acceptors (Lipinski definition) is 3. The molecule has 112 valence electrons. The zero-order valence-electron chi connectivity index (χ0n) is 12.3. The maximum absolute atomic E-state index is 6.34. The normalized spacial score (nSPS) is 22.4. The summed E-state index contributed by atoms with van der Waals surface area (Å²) in [6, 6.07) is 6.59. The molecule has 1 aromatic carbocycles. The van der Waals surface area contributed by atoms with Crippen molar-refractivity contribution in [1.29, 1.82) is 0 Å². The van der Waals surface area contributed by atoms with Crippen LogP contribution in [0.5, 0.6) is 5.75 Å². The van der Waals surface area contributed by atoms with E-state index < -0.39 is 0 Å². The van der Waals surface area contributed by atoms with Crippen LogP contribution < -0.4 is 10.1 Å². The smallest absolute Gasteiger partial charge is 0.138 e. The molecule has 0 atom stereocenters. The molecule has 1 aromatic heterocycles. The highest BCUT2D eigenvalue weighted by atomic mass is 35.5. The average molecular weight is 305 g/mol. The lowest BCUT2D eigenvalue weighted by molar-refractivity contribution is 0.140. The molecule has 0 bridgehead atoms. The standard InChI is InChI=1S/C17H21ClN2O/c1-2-20-14-3-5-15(6-4-14)21-17-10-12-7-8-19-11-13(12)9-16(17)18/h7-11,14-15,20H,2-6H2,1H3/t14-,15+. The van der Waals surface area contributed by atoms with Crippen LogP contribution in [0.4, 0.5) is 0 Å². The van der Waals surface area contributed by atoms with Crippen molar-refractivity contribution in [3.8, 4) is 5.75 Å². The molecule has 0 radical (unpaired) electrons. The quantitative estimate of drug-likeness (QED) is 0.919. The van der Waals surface area contributed by atoms with E-state index in [1.165, 1.54) is 12.8 Å². The highest BCUT2D eigenvalue weighted by molar-refractivity contribution is 6.32. The first-order valence-corrected chi connectivity index (χ1v) is 8.07. The zero-order valence-corrected chi connectivity index (χ0v) is 13.1. The minimum absolute atomic E-state index is 0.275. The zero-order chi connectivity index (χ0) is 14.7. The van der Waals surface area contributed by atoms with E-state index in [1.807, 2.05) is 24.4 Å². The summed E-state index contributed by atoms with van der Waals surface area (Å²) in [6.07, 6.45) is 8.41. The van der Waals surface area contributed by atoms with Crippen LogP contribution in [0.2, 0.25) is 5.02 Å². The van der Waals surface area contributed by atoms with E-state index in [-0.39, 0.29) is 6.10 Å². The Morgan fingerprint density at radius 1 is 1.24 bits per heavy atom. The number of rotatable bonds is 4. The fourth-order valence-corrected chi connectivity index (χ4v) is 3.25. The molecule has 2 aromatic rings. The highest BCUT2D eigenvalue weighted by Crippen LogP contribution is 2.32. The van der Waals surface area contributed by atoms with Gasteiger partial charge in [0, 0.05) is 23.8 Å². The fraction of sp³-hybridized carbons (Fsp3) is 0.471. The molecule has 0 unspecified atom stereocenters. The van der Waals surface area contributed by atoms with Gasteiger partial charge in [0.1, 0.15) is 5.75 Å². The molecule has 21 heavy (non-hydrogen) atoms. The molecule has 0 spiro atoms. The van der Waals surface area contributed by atoms with Gasteiger partial charge in [0.05, 0.1) is 11.1 Å². The van der Waals surface area contributed by atoms with Crippen molar-refractivity contribution in [2.75, 3.05) is 6.54 Å². The van der Waals surface area contributed by atoms with Crippen LogP contribution in [0.3, 0.4) is 0 Å². The third kappa shape index (κ3) is 3.47. The number of nitrogens with one attached hydrogen (secondary N) is 1. The fourth-order valence-electron chi connectivity index (χ4n) is 3.03. The van der Waals surface area contributed by atoms with Crippen LogP contribution in [-0.4, -0.2) is 23.7 Å². The Kier molecular flexibility index (Phi) is 4.61. The molecule has 4 heteroatoms. The van der Waals surface area contributed by atoms with E-state index in [0.29, 0.717) is 11.1 Å². The number of aromatic nitrogens is 1. The van der Waals surface area contributed by atoms with E-state index in [9.17, 15) is 0 Å². The maximum Gasteiger partial charge on any atom is 0.138 e. The molecular formula is C17H21ClN2O.